The molecule has 0 unspecified atom stereocenters. The van der Waals surface area contributed by atoms with Gasteiger partial charge < -0.3 is 9.42 Å². The maximum absolute atomic E-state index is 12.3. The van der Waals surface area contributed by atoms with Gasteiger partial charge in [0.25, 0.3) is 0 Å². The van der Waals surface area contributed by atoms with E-state index in [-0.39, 0.29) is 5.91 Å². The first-order valence-corrected chi connectivity index (χ1v) is 7.38. The predicted molar refractivity (Wildman–Crippen MR) is 87.6 cm³/mol. The molecule has 1 heterocycles. The van der Waals surface area contributed by atoms with E-state index in [0.29, 0.717) is 11.6 Å². The van der Waals surface area contributed by atoms with Crippen LogP contribution < -0.4 is 0 Å². The van der Waals surface area contributed by atoms with E-state index < -0.39 is 0 Å². The molecule has 0 atom stereocenters. The van der Waals surface area contributed by atoms with Crippen LogP contribution in [0, 0.1) is 13.8 Å². The summed E-state index contributed by atoms with van der Waals surface area (Å²) in [4.78, 5) is 14.0. The van der Waals surface area contributed by atoms with E-state index in [0.717, 1.165) is 28.2 Å². The number of likely N-dealkylation sites (N-methyl/N-ethyl adjacent to an activating group) is 1. The quantitative estimate of drug-likeness (QED) is 0.800. The minimum atomic E-state index is -0.0857. The van der Waals surface area contributed by atoms with Gasteiger partial charge in [-0.1, -0.05) is 35.0 Å². The molecule has 0 saturated carbocycles. The Morgan fingerprint density at radius 1 is 1.36 bits per heavy atom. The van der Waals surface area contributed by atoms with Crippen LogP contribution in [0.15, 0.2) is 34.9 Å². The van der Waals surface area contributed by atoms with Crippen LogP contribution in [0.3, 0.4) is 0 Å². The van der Waals surface area contributed by atoms with Gasteiger partial charge in [0.1, 0.15) is 5.76 Å². The molecule has 0 radical (unpaired) electrons. The van der Waals surface area contributed by atoms with Crippen LogP contribution in [0.2, 0.25) is 5.02 Å². The largest absolute Gasteiger partial charge is 0.361 e. The zero-order chi connectivity index (χ0) is 16.3. The highest BCUT2D eigenvalue weighted by atomic mass is 35.5. The van der Waals surface area contributed by atoms with Crippen molar-refractivity contribution >= 4 is 23.1 Å². The number of carbonyl (C=O) groups is 1. The molecular weight excluding hydrogens is 300 g/mol. The van der Waals surface area contributed by atoms with Crippen LogP contribution in [0.25, 0.3) is 5.57 Å². The zero-order valence-corrected chi connectivity index (χ0v) is 13.9. The molecule has 0 aliphatic heterocycles. The molecule has 0 N–H and O–H groups in total. The number of carbonyl (C=O) groups excluding carboxylic acids is 1. The van der Waals surface area contributed by atoms with E-state index in [4.69, 9.17) is 16.1 Å². The fraction of sp³-hybridized carbons (Fsp3) is 0.294. The first kappa shape index (κ1) is 16.3. The van der Waals surface area contributed by atoms with Crippen molar-refractivity contribution in [2.45, 2.75) is 27.3 Å². The first-order chi connectivity index (χ1) is 10.4. The summed E-state index contributed by atoms with van der Waals surface area (Å²) in [6.45, 7) is 6.06. The van der Waals surface area contributed by atoms with Crippen molar-refractivity contribution in [3.8, 4) is 0 Å². The second kappa shape index (κ2) is 6.79. The number of rotatable bonds is 4. The predicted octanol–water partition coefficient (Wildman–Crippen LogP) is 4.01. The van der Waals surface area contributed by atoms with Crippen LogP contribution in [0.4, 0.5) is 0 Å². The monoisotopic (exact) mass is 318 g/mol. The van der Waals surface area contributed by atoms with Crippen molar-refractivity contribution in [2.75, 3.05) is 7.05 Å². The molecule has 2 aromatic rings. The van der Waals surface area contributed by atoms with Gasteiger partial charge in [-0.3, -0.25) is 4.79 Å². The lowest BCUT2D eigenvalue weighted by Crippen LogP contribution is -2.25. The molecule has 0 bridgehead atoms. The summed E-state index contributed by atoms with van der Waals surface area (Å²) in [5.41, 5.74) is 3.45. The lowest BCUT2D eigenvalue weighted by atomic mass is 10.1. The molecule has 4 nitrogen and oxygen atoms in total. The van der Waals surface area contributed by atoms with Crippen LogP contribution in [0.1, 0.15) is 29.5 Å². The number of benzene rings is 1. The van der Waals surface area contributed by atoms with E-state index in [1.54, 1.807) is 18.0 Å². The van der Waals surface area contributed by atoms with Crippen molar-refractivity contribution in [1.29, 1.82) is 0 Å². The number of aromatic nitrogens is 1. The molecule has 0 aliphatic carbocycles. The van der Waals surface area contributed by atoms with Crippen LogP contribution in [-0.2, 0) is 11.3 Å². The molecule has 0 spiro atoms. The third-order valence-electron chi connectivity index (χ3n) is 3.59. The lowest BCUT2D eigenvalue weighted by Gasteiger charge is -2.15. The molecule has 116 valence electrons. The highest BCUT2D eigenvalue weighted by molar-refractivity contribution is 6.32. The van der Waals surface area contributed by atoms with Crippen LogP contribution in [-0.4, -0.2) is 23.0 Å². The Labute approximate surface area is 135 Å². The second-order valence-corrected chi connectivity index (χ2v) is 5.71. The summed E-state index contributed by atoms with van der Waals surface area (Å²) < 4.78 is 5.12. The first-order valence-electron chi connectivity index (χ1n) is 7.00. The van der Waals surface area contributed by atoms with Crippen molar-refractivity contribution in [3.05, 3.63) is 57.9 Å². The number of hydrogen-bond donors (Lipinski definition) is 0. The SMILES string of the molecule is CC(=CC(=O)N(C)Cc1c(C)noc1C)c1ccccc1Cl. The fourth-order valence-electron chi connectivity index (χ4n) is 2.20. The summed E-state index contributed by atoms with van der Waals surface area (Å²) >= 11 is 6.15. The molecule has 0 saturated heterocycles. The van der Waals surface area contributed by atoms with Gasteiger partial charge in [0.2, 0.25) is 5.91 Å². The Bertz CT molecular complexity index is 700. The Kier molecular flexibility index (Phi) is 5.03. The van der Waals surface area contributed by atoms with Crippen LogP contribution in [0.5, 0.6) is 0 Å². The highest BCUT2D eigenvalue weighted by Gasteiger charge is 2.14. The standard InChI is InChI=1S/C17H19ClN2O2/c1-11(14-7-5-6-8-16(14)18)9-17(21)20(4)10-15-12(2)19-22-13(15)3/h5-9H,10H2,1-4H3. The average Bonchev–Trinajstić information content (AvgIpc) is 2.79. The number of aryl methyl sites for hydroxylation is 2. The van der Waals surface area contributed by atoms with Crippen molar-refractivity contribution < 1.29 is 9.32 Å². The van der Waals surface area contributed by atoms with E-state index in [1.807, 2.05) is 45.0 Å². The molecule has 1 aromatic carbocycles. The Balaban J connectivity index is 2.14. The van der Waals surface area contributed by atoms with Gasteiger partial charge in [-0.2, -0.15) is 0 Å². The smallest absolute Gasteiger partial charge is 0.246 e. The number of allylic oxidation sites excluding steroid dienone is 1. The molecule has 1 aromatic heterocycles. The van der Waals surface area contributed by atoms with Gasteiger partial charge in [0.15, 0.2) is 0 Å². The normalized spacial score (nSPS) is 11.6. The lowest BCUT2D eigenvalue weighted by molar-refractivity contribution is -0.125. The Morgan fingerprint density at radius 2 is 2.05 bits per heavy atom. The molecule has 22 heavy (non-hydrogen) atoms. The van der Waals surface area contributed by atoms with Gasteiger partial charge in [-0.05, 0) is 38.0 Å². The van der Waals surface area contributed by atoms with E-state index in [2.05, 4.69) is 5.16 Å². The molecule has 2 rings (SSSR count). The third-order valence-corrected chi connectivity index (χ3v) is 3.92. The van der Waals surface area contributed by atoms with Gasteiger partial charge in [0, 0.05) is 23.7 Å². The average molecular weight is 319 g/mol. The molecule has 1 amide bonds. The number of amides is 1. The maximum atomic E-state index is 12.3. The van der Waals surface area contributed by atoms with Gasteiger partial charge >= 0.3 is 0 Å². The zero-order valence-electron chi connectivity index (χ0n) is 13.2. The maximum Gasteiger partial charge on any atom is 0.246 e. The third kappa shape index (κ3) is 3.57. The number of halogens is 1. The molecule has 5 heteroatoms. The second-order valence-electron chi connectivity index (χ2n) is 5.30. The fourth-order valence-corrected chi connectivity index (χ4v) is 2.48. The van der Waals surface area contributed by atoms with E-state index in [1.165, 1.54) is 0 Å². The highest BCUT2D eigenvalue weighted by Crippen LogP contribution is 2.23. The van der Waals surface area contributed by atoms with Gasteiger partial charge in [-0.25, -0.2) is 0 Å². The Hall–Kier alpha value is -2.07. The number of hydrogen-bond acceptors (Lipinski definition) is 3. The van der Waals surface area contributed by atoms with Gasteiger partial charge in [-0.15, -0.1) is 0 Å². The molecule has 0 fully saturated rings. The minimum absolute atomic E-state index is 0.0857. The minimum Gasteiger partial charge on any atom is -0.361 e. The van der Waals surface area contributed by atoms with E-state index >= 15 is 0 Å². The summed E-state index contributed by atoms with van der Waals surface area (Å²) in [6, 6.07) is 7.48. The summed E-state index contributed by atoms with van der Waals surface area (Å²) in [5, 5.41) is 4.54. The molecular formula is C17H19ClN2O2. The molecule has 0 aliphatic rings. The summed E-state index contributed by atoms with van der Waals surface area (Å²) in [7, 11) is 1.75. The van der Waals surface area contributed by atoms with E-state index in [9.17, 15) is 4.79 Å². The van der Waals surface area contributed by atoms with Crippen molar-refractivity contribution in [3.63, 3.8) is 0 Å². The van der Waals surface area contributed by atoms with Crippen LogP contribution >= 0.6 is 11.6 Å². The van der Waals surface area contributed by atoms with Crippen molar-refractivity contribution in [2.24, 2.45) is 0 Å². The summed E-state index contributed by atoms with van der Waals surface area (Å²) in [5.74, 6) is 0.654. The summed E-state index contributed by atoms with van der Waals surface area (Å²) in [6.07, 6.45) is 1.60. The van der Waals surface area contributed by atoms with Crippen molar-refractivity contribution in [1.82, 2.24) is 10.1 Å². The topological polar surface area (TPSA) is 46.3 Å². The van der Waals surface area contributed by atoms with Gasteiger partial charge in [0.05, 0.1) is 12.2 Å². The Morgan fingerprint density at radius 3 is 2.64 bits per heavy atom. The number of nitrogens with zero attached hydrogens (tertiary/aromatic N) is 2.